The van der Waals surface area contributed by atoms with Crippen LogP contribution in [0.15, 0.2) is 59.8 Å². The molecule has 2 amide bonds. The Morgan fingerprint density at radius 1 is 1.16 bits per heavy atom. The highest BCUT2D eigenvalue weighted by Crippen LogP contribution is 2.28. The lowest BCUT2D eigenvalue weighted by atomic mass is 9.93. The van der Waals surface area contributed by atoms with Gasteiger partial charge in [-0.2, -0.15) is 5.10 Å². The van der Waals surface area contributed by atoms with Crippen LogP contribution in [0.2, 0.25) is 0 Å². The van der Waals surface area contributed by atoms with Crippen LogP contribution in [0.4, 0.5) is 10.1 Å². The average molecular weight is 440 g/mol. The maximum atomic E-state index is 13.7. The number of carbonyl (C=O) groups excluding carboxylic acids is 2. The Hall–Kier alpha value is -3.20. The molecule has 1 aliphatic rings. The van der Waals surface area contributed by atoms with E-state index >= 15 is 0 Å². The summed E-state index contributed by atoms with van der Waals surface area (Å²) in [6, 6.07) is 11.5. The van der Waals surface area contributed by atoms with Crippen molar-refractivity contribution < 1.29 is 14.0 Å². The summed E-state index contributed by atoms with van der Waals surface area (Å²) in [5.74, 6) is -0.243. The van der Waals surface area contributed by atoms with E-state index in [-0.39, 0.29) is 23.2 Å². The van der Waals surface area contributed by atoms with Gasteiger partial charge in [0.05, 0.1) is 11.4 Å². The van der Waals surface area contributed by atoms with E-state index in [4.69, 9.17) is 0 Å². The van der Waals surface area contributed by atoms with E-state index in [9.17, 15) is 14.0 Å². The van der Waals surface area contributed by atoms with Crippen molar-refractivity contribution in [3.63, 3.8) is 0 Å². The number of hydrogen-bond acceptors (Lipinski definition) is 5. The van der Waals surface area contributed by atoms with Gasteiger partial charge in [0.2, 0.25) is 5.91 Å². The minimum absolute atomic E-state index is 0.119. The fourth-order valence-electron chi connectivity index (χ4n) is 3.52. The van der Waals surface area contributed by atoms with E-state index in [0.717, 1.165) is 23.4 Å². The smallest absolute Gasteiger partial charge is 0.276 e. The quantitative estimate of drug-likeness (QED) is 0.572. The molecule has 1 fully saturated rings. The molecular weight excluding hydrogens is 417 g/mol. The van der Waals surface area contributed by atoms with Gasteiger partial charge in [-0.15, -0.1) is 11.8 Å². The van der Waals surface area contributed by atoms with Crippen LogP contribution >= 0.6 is 11.8 Å². The summed E-state index contributed by atoms with van der Waals surface area (Å²) in [4.78, 5) is 31.8. The fraction of sp³-hybridized carbons (Fsp3) is 0.273. The Balaban J connectivity index is 1.28. The first kappa shape index (κ1) is 21.0. The van der Waals surface area contributed by atoms with Crippen molar-refractivity contribution in [2.45, 2.75) is 23.7 Å². The van der Waals surface area contributed by atoms with Gasteiger partial charge >= 0.3 is 0 Å². The zero-order valence-corrected chi connectivity index (χ0v) is 17.6. The number of amides is 2. The molecular formula is C22H22FN5O2S. The predicted octanol–water partition coefficient (Wildman–Crippen LogP) is 3.69. The lowest BCUT2D eigenvalue weighted by Gasteiger charge is -2.31. The van der Waals surface area contributed by atoms with Gasteiger partial charge in [0, 0.05) is 42.0 Å². The first-order valence-electron chi connectivity index (χ1n) is 10.0. The molecule has 0 saturated carbocycles. The molecule has 9 heteroatoms. The predicted molar refractivity (Wildman–Crippen MR) is 116 cm³/mol. The van der Waals surface area contributed by atoms with Gasteiger partial charge < -0.3 is 10.2 Å². The average Bonchev–Trinajstić information content (AvgIpc) is 3.30. The molecule has 2 aromatic heterocycles. The Bertz CT molecular complexity index is 1050. The first-order chi connectivity index (χ1) is 15.1. The molecule has 1 aromatic carbocycles. The van der Waals surface area contributed by atoms with Crippen molar-refractivity contribution in [3.8, 4) is 0 Å². The third-order valence-corrected chi connectivity index (χ3v) is 6.25. The van der Waals surface area contributed by atoms with Crippen molar-refractivity contribution in [2.24, 2.45) is 0 Å². The van der Waals surface area contributed by atoms with E-state index in [1.165, 1.54) is 23.9 Å². The molecule has 0 unspecified atom stereocenters. The van der Waals surface area contributed by atoms with Crippen LogP contribution in [0.1, 0.15) is 34.9 Å². The van der Waals surface area contributed by atoms with Crippen molar-refractivity contribution in [2.75, 3.05) is 24.2 Å². The van der Waals surface area contributed by atoms with E-state index < -0.39 is 11.7 Å². The Morgan fingerprint density at radius 2 is 1.90 bits per heavy atom. The third-order valence-electron chi connectivity index (χ3n) is 5.25. The highest BCUT2D eigenvalue weighted by molar-refractivity contribution is 8.00. The van der Waals surface area contributed by atoms with Gasteiger partial charge in [0.1, 0.15) is 5.82 Å². The topological polar surface area (TPSA) is 91.0 Å². The number of piperidine rings is 1. The van der Waals surface area contributed by atoms with Crippen LogP contribution in [0.5, 0.6) is 0 Å². The summed E-state index contributed by atoms with van der Waals surface area (Å²) in [5.41, 5.74) is 1.19. The molecule has 1 aliphatic heterocycles. The number of para-hydroxylation sites is 1. The molecule has 3 aromatic rings. The second kappa shape index (κ2) is 9.74. The summed E-state index contributed by atoms with van der Waals surface area (Å²) in [7, 11) is 0. The van der Waals surface area contributed by atoms with E-state index in [1.807, 2.05) is 17.0 Å². The number of pyridine rings is 1. The summed E-state index contributed by atoms with van der Waals surface area (Å²) in [5, 5.41) is 9.55. The SMILES string of the molecule is O=C(Nc1ccccc1F)c1cc(C2CCN(C(=O)CSc3ccncc3)CC2)[nH]n1. The number of nitrogens with one attached hydrogen (secondary N) is 2. The largest absolute Gasteiger partial charge is 0.342 e. The van der Waals surface area contributed by atoms with E-state index in [1.54, 1.807) is 30.6 Å². The zero-order valence-electron chi connectivity index (χ0n) is 16.8. The van der Waals surface area contributed by atoms with Gasteiger partial charge in [-0.3, -0.25) is 19.7 Å². The van der Waals surface area contributed by atoms with Crippen LogP contribution in [-0.2, 0) is 4.79 Å². The Kier molecular flexibility index (Phi) is 6.61. The summed E-state index contributed by atoms with van der Waals surface area (Å²) >= 11 is 1.51. The molecule has 0 atom stereocenters. The summed E-state index contributed by atoms with van der Waals surface area (Å²) in [6.45, 7) is 1.33. The lowest BCUT2D eigenvalue weighted by molar-refractivity contribution is -0.129. The third kappa shape index (κ3) is 5.29. The molecule has 2 N–H and O–H groups in total. The molecule has 0 aliphatic carbocycles. The summed E-state index contributed by atoms with van der Waals surface area (Å²) < 4.78 is 13.7. The molecule has 160 valence electrons. The minimum atomic E-state index is -0.495. The number of benzene rings is 1. The second-order valence-corrected chi connectivity index (χ2v) is 8.32. The van der Waals surface area contributed by atoms with Crippen molar-refractivity contribution in [1.82, 2.24) is 20.1 Å². The number of aromatic amines is 1. The van der Waals surface area contributed by atoms with Crippen LogP contribution in [0.25, 0.3) is 0 Å². The zero-order chi connectivity index (χ0) is 21.6. The van der Waals surface area contributed by atoms with Gasteiger partial charge in [-0.1, -0.05) is 12.1 Å². The number of aromatic nitrogens is 3. The number of thioether (sulfide) groups is 1. The number of anilines is 1. The van der Waals surface area contributed by atoms with Gasteiger partial charge in [0.15, 0.2) is 5.69 Å². The molecule has 7 nitrogen and oxygen atoms in total. The van der Waals surface area contributed by atoms with Crippen molar-refractivity contribution in [3.05, 3.63) is 72.1 Å². The maximum Gasteiger partial charge on any atom is 0.276 e. The number of nitrogens with zero attached hydrogens (tertiary/aromatic N) is 3. The van der Waals surface area contributed by atoms with Gasteiger partial charge in [0.25, 0.3) is 5.91 Å². The van der Waals surface area contributed by atoms with Crippen LogP contribution in [0, 0.1) is 5.82 Å². The van der Waals surface area contributed by atoms with E-state index in [0.29, 0.717) is 18.8 Å². The van der Waals surface area contributed by atoms with Crippen LogP contribution in [-0.4, -0.2) is 50.7 Å². The fourth-order valence-corrected chi connectivity index (χ4v) is 4.31. The van der Waals surface area contributed by atoms with Crippen LogP contribution < -0.4 is 5.32 Å². The lowest BCUT2D eigenvalue weighted by Crippen LogP contribution is -2.39. The molecule has 0 bridgehead atoms. The molecule has 1 saturated heterocycles. The number of halogens is 1. The maximum absolute atomic E-state index is 13.7. The number of rotatable bonds is 6. The highest BCUT2D eigenvalue weighted by Gasteiger charge is 2.26. The molecule has 31 heavy (non-hydrogen) atoms. The second-order valence-electron chi connectivity index (χ2n) is 7.27. The normalized spacial score (nSPS) is 14.4. The highest BCUT2D eigenvalue weighted by atomic mass is 32.2. The number of likely N-dealkylation sites (tertiary alicyclic amines) is 1. The van der Waals surface area contributed by atoms with Gasteiger partial charge in [-0.25, -0.2) is 4.39 Å². The Labute approximate surface area is 183 Å². The molecule has 3 heterocycles. The number of hydrogen-bond donors (Lipinski definition) is 2. The molecule has 0 radical (unpaired) electrons. The molecule has 0 spiro atoms. The first-order valence-corrected chi connectivity index (χ1v) is 11.0. The summed E-state index contributed by atoms with van der Waals surface area (Å²) in [6.07, 6.45) is 5.02. The minimum Gasteiger partial charge on any atom is -0.342 e. The van der Waals surface area contributed by atoms with Crippen molar-refractivity contribution in [1.29, 1.82) is 0 Å². The van der Waals surface area contributed by atoms with E-state index in [2.05, 4.69) is 20.5 Å². The monoisotopic (exact) mass is 439 g/mol. The van der Waals surface area contributed by atoms with Crippen LogP contribution in [0.3, 0.4) is 0 Å². The number of H-pyrrole nitrogens is 1. The Morgan fingerprint density at radius 3 is 2.65 bits per heavy atom. The standard InChI is InChI=1S/C22H22FN5O2S/c23-17-3-1-2-4-18(17)25-22(30)20-13-19(26-27-20)15-7-11-28(12-8-15)21(29)14-31-16-5-9-24-10-6-16/h1-6,9-10,13,15H,7-8,11-12,14H2,(H,25,30)(H,26,27). The number of carbonyl (C=O) groups is 2. The van der Waals surface area contributed by atoms with Crippen molar-refractivity contribution >= 4 is 29.3 Å². The van der Waals surface area contributed by atoms with Gasteiger partial charge in [-0.05, 0) is 43.2 Å². The molecule has 4 rings (SSSR count).